The molecule has 2 aromatic carbocycles. The summed E-state index contributed by atoms with van der Waals surface area (Å²) in [6.07, 6.45) is 0. The molecule has 7 heteroatoms. The number of rotatable bonds is 7. The van der Waals surface area contributed by atoms with Gasteiger partial charge in [-0.05, 0) is 62.4 Å². The lowest BCUT2D eigenvalue weighted by atomic mass is 10.1. The van der Waals surface area contributed by atoms with Gasteiger partial charge in [-0.25, -0.2) is 0 Å². The molecule has 1 amide bonds. The van der Waals surface area contributed by atoms with Crippen LogP contribution in [0.3, 0.4) is 0 Å². The van der Waals surface area contributed by atoms with Crippen LogP contribution in [0, 0.1) is 0 Å². The molecular formula is C19H18ClNO4S. The number of ketones is 1. The van der Waals surface area contributed by atoms with E-state index in [1.165, 1.54) is 18.7 Å². The lowest BCUT2D eigenvalue weighted by Crippen LogP contribution is -2.24. The molecular weight excluding hydrogens is 374 g/mol. The summed E-state index contributed by atoms with van der Waals surface area (Å²) in [5, 5.41) is 2.77. The maximum Gasteiger partial charge on any atom is 0.319 e. The second-order valence-electron chi connectivity index (χ2n) is 5.50. The summed E-state index contributed by atoms with van der Waals surface area (Å²) in [6, 6.07) is 13.6. The highest BCUT2D eigenvalue weighted by molar-refractivity contribution is 8.00. The van der Waals surface area contributed by atoms with E-state index in [0.29, 0.717) is 16.3 Å². The molecule has 5 nitrogen and oxygen atoms in total. The van der Waals surface area contributed by atoms with E-state index < -0.39 is 17.1 Å². The molecule has 0 radical (unpaired) electrons. The molecule has 0 aliphatic carbocycles. The Morgan fingerprint density at radius 1 is 1.08 bits per heavy atom. The standard InChI is InChI=1S/C19H18ClNO4S/c1-12(22)14-3-7-16(8-4-14)21-18(23)11-25-19(24)13(2)26-17-9-5-15(20)6-10-17/h3-10,13H,11H2,1-2H3,(H,21,23)/t13-/m0/s1. The third kappa shape index (κ3) is 6.20. The summed E-state index contributed by atoms with van der Waals surface area (Å²) in [7, 11) is 0. The van der Waals surface area contributed by atoms with Gasteiger partial charge in [0.15, 0.2) is 12.4 Å². The van der Waals surface area contributed by atoms with Crippen LogP contribution in [-0.4, -0.2) is 29.5 Å². The van der Waals surface area contributed by atoms with Crippen molar-refractivity contribution in [2.45, 2.75) is 24.0 Å². The van der Waals surface area contributed by atoms with Crippen LogP contribution in [0.2, 0.25) is 5.02 Å². The van der Waals surface area contributed by atoms with Crippen LogP contribution >= 0.6 is 23.4 Å². The van der Waals surface area contributed by atoms with Crippen LogP contribution < -0.4 is 5.32 Å². The number of hydrogen-bond acceptors (Lipinski definition) is 5. The van der Waals surface area contributed by atoms with E-state index in [1.54, 1.807) is 43.3 Å². The smallest absolute Gasteiger partial charge is 0.319 e. The van der Waals surface area contributed by atoms with E-state index in [0.717, 1.165) is 4.90 Å². The molecule has 2 aromatic rings. The molecule has 0 spiro atoms. The Morgan fingerprint density at radius 3 is 2.27 bits per heavy atom. The Bertz CT molecular complexity index is 790. The first-order chi connectivity index (χ1) is 12.3. The summed E-state index contributed by atoms with van der Waals surface area (Å²) < 4.78 is 5.04. The van der Waals surface area contributed by atoms with Crippen LogP contribution in [0.4, 0.5) is 5.69 Å². The summed E-state index contributed by atoms with van der Waals surface area (Å²) in [6.45, 7) is 2.80. The van der Waals surface area contributed by atoms with Crippen LogP contribution in [0.15, 0.2) is 53.4 Å². The minimum Gasteiger partial charge on any atom is -0.455 e. The van der Waals surface area contributed by atoms with Gasteiger partial charge in [-0.15, -0.1) is 11.8 Å². The molecule has 0 aromatic heterocycles. The molecule has 1 N–H and O–H groups in total. The normalized spacial score (nSPS) is 11.5. The van der Waals surface area contributed by atoms with Crippen molar-refractivity contribution in [1.82, 2.24) is 0 Å². The fraction of sp³-hybridized carbons (Fsp3) is 0.211. The van der Waals surface area contributed by atoms with Gasteiger partial charge >= 0.3 is 5.97 Å². The van der Waals surface area contributed by atoms with Gasteiger partial charge in [-0.1, -0.05) is 11.6 Å². The van der Waals surface area contributed by atoms with E-state index >= 15 is 0 Å². The zero-order valence-electron chi connectivity index (χ0n) is 14.3. The lowest BCUT2D eigenvalue weighted by Gasteiger charge is -2.11. The number of Topliss-reactive ketones (excluding diaryl/α,β-unsaturated/α-hetero) is 1. The zero-order chi connectivity index (χ0) is 19.1. The van der Waals surface area contributed by atoms with Crippen molar-refractivity contribution in [3.8, 4) is 0 Å². The fourth-order valence-electron chi connectivity index (χ4n) is 2.00. The Morgan fingerprint density at radius 2 is 1.69 bits per heavy atom. The maximum absolute atomic E-state index is 12.0. The van der Waals surface area contributed by atoms with Crippen molar-refractivity contribution in [2.24, 2.45) is 0 Å². The predicted octanol–water partition coefficient (Wildman–Crippen LogP) is 4.21. The SMILES string of the molecule is CC(=O)c1ccc(NC(=O)COC(=O)[C@H](C)Sc2ccc(Cl)cc2)cc1. The molecule has 0 aliphatic rings. The molecule has 0 bridgehead atoms. The van der Waals surface area contributed by atoms with Gasteiger partial charge in [0.2, 0.25) is 0 Å². The molecule has 26 heavy (non-hydrogen) atoms. The lowest BCUT2D eigenvalue weighted by molar-refractivity contribution is -0.146. The molecule has 0 aliphatic heterocycles. The molecule has 1 atom stereocenters. The molecule has 136 valence electrons. The number of esters is 1. The number of thioether (sulfide) groups is 1. The minimum atomic E-state index is -0.480. The Hall–Kier alpha value is -2.31. The third-order valence-electron chi connectivity index (χ3n) is 3.38. The van der Waals surface area contributed by atoms with Crippen LogP contribution in [0.1, 0.15) is 24.2 Å². The van der Waals surface area contributed by atoms with Crippen molar-refractivity contribution in [2.75, 3.05) is 11.9 Å². The number of hydrogen-bond donors (Lipinski definition) is 1. The molecule has 0 heterocycles. The van der Waals surface area contributed by atoms with E-state index in [2.05, 4.69) is 5.32 Å². The number of benzene rings is 2. The zero-order valence-corrected chi connectivity index (χ0v) is 15.9. The fourth-order valence-corrected chi connectivity index (χ4v) is 3.00. The average Bonchev–Trinajstić information content (AvgIpc) is 2.62. The van der Waals surface area contributed by atoms with Crippen molar-refractivity contribution in [3.63, 3.8) is 0 Å². The summed E-state index contributed by atoms with van der Waals surface area (Å²) >= 11 is 7.15. The van der Waals surface area contributed by atoms with Crippen molar-refractivity contribution < 1.29 is 19.1 Å². The van der Waals surface area contributed by atoms with E-state index in [-0.39, 0.29) is 12.4 Å². The van der Waals surface area contributed by atoms with Gasteiger partial charge in [0, 0.05) is 21.2 Å². The quantitative estimate of drug-likeness (QED) is 0.435. The largest absolute Gasteiger partial charge is 0.455 e. The highest BCUT2D eigenvalue weighted by atomic mass is 35.5. The van der Waals surface area contributed by atoms with Crippen LogP contribution in [-0.2, 0) is 14.3 Å². The highest BCUT2D eigenvalue weighted by Gasteiger charge is 2.17. The van der Waals surface area contributed by atoms with Crippen molar-refractivity contribution >= 4 is 46.7 Å². The van der Waals surface area contributed by atoms with Crippen LogP contribution in [0.25, 0.3) is 0 Å². The van der Waals surface area contributed by atoms with Gasteiger partial charge < -0.3 is 10.1 Å². The summed E-state index contributed by atoms with van der Waals surface area (Å²) in [5.41, 5.74) is 1.09. The molecule has 0 fully saturated rings. The predicted molar refractivity (Wildman–Crippen MR) is 103 cm³/mol. The van der Waals surface area contributed by atoms with Gasteiger partial charge in [0.1, 0.15) is 5.25 Å². The monoisotopic (exact) mass is 391 g/mol. The molecule has 0 saturated heterocycles. The van der Waals surface area contributed by atoms with Crippen LogP contribution in [0.5, 0.6) is 0 Å². The first-order valence-corrected chi connectivity index (χ1v) is 9.10. The average molecular weight is 392 g/mol. The summed E-state index contributed by atoms with van der Waals surface area (Å²) in [4.78, 5) is 36.0. The number of anilines is 1. The number of amides is 1. The molecule has 2 rings (SSSR count). The first-order valence-electron chi connectivity index (χ1n) is 7.85. The van der Waals surface area contributed by atoms with Gasteiger partial charge in [0.05, 0.1) is 0 Å². The maximum atomic E-state index is 12.0. The molecule has 0 saturated carbocycles. The number of nitrogens with one attached hydrogen (secondary N) is 1. The minimum absolute atomic E-state index is 0.0519. The number of carbonyl (C=O) groups is 3. The van der Waals surface area contributed by atoms with E-state index in [9.17, 15) is 14.4 Å². The van der Waals surface area contributed by atoms with E-state index in [1.807, 2.05) is 12.1 Å². The van der Waals surface area contributed by atoms with Gasteiger partial charge in [0.25, 0.3) is 5.91 Å². The van der Waals surface area contributed by atoms with Gasteiger partial charge in [-0.3, -0.25) is 14.4 Å². The second kappa shape index (κ2) is 9.40. The first kappa shape index (κ1) is 20.0. The topological polar surface area (TPSA) is 72.5 Å². The Balaban J connectivity index is 1.79. The van der Waals surface area contributed by atoms with Gasteiger partial charge in [-0.2, -0.15) is 0 Å². The summed E-state index contributed by atoms with van der Waals surface area (Å²) in [5.74, 6) is -0.978. The Kier molecular flexibility index (Phi) is 7.24. The number of carbonyl (C=O) groups excluding carboxylic acids is 3. The second-order valence-corrected chi connectivity index (χ2v) is 7.35. The van der Waals surface area contributed by atoms with Crippen molar-refractivity contribution in [3.05, 3.63) is 59.1 Å². The number of ether oxygens (including phenoxy) is 1. The van der Waals surface area contributed by atoms with Crippen molar-refractivity contribution in [1.29, 1.82) is 0 Å². The van der Waals surface area contributed by atoms with E-state index in [4.69, 9.17) is 16.3 Å². The Labute approximate surface area is 161 Å². The highest BCUT2D eigenvalue weighted by Crippen LogP contribution is 2.25. The number of halogens is 1. The third-order valence-corrected chi connectivity index (χ3v) is 4.72. The molecule has 0 unspecified atom stereocenters.